The molecule has 1 fully saturated rings. The lowest BCUT2D eigenvalue weighted by molar-refractivity contribution is -0.150. The van der Waals surface area contributed by atoms with Gasteiger partial charge in [0.05, 0.1) is 6.42 Å². The SMILES string of the molecule is CC(C)(C)C1(CC(=O)On2ccccc2=S)CCCCC1. The lowest BCUT2D eigenvalue weighted by Gasteiger charge is -2.47. The maximum Gasteiger partial charge on any atom is 0.333 e. The van der Waals surface area contributed by atoms with E-state index in [0.717, 1.165) is 12.8 Å². The molecule has 0 spiro atoms. The fourth-order valence-corrected chi connectivity index (χ4v) is 3.50. The van der Waals surface area contributed by atoms with Crippen LogP contribution in [0.5, 0.6) is 0 Å². The van der Waals surface area contributed by atoms with E-state index in [1.165, 1.54) is 24.0 Å². The molecule has 4 heteroatoms. The molecule has 3 nitrogen and oxygen atoms in total. The van der Waals surface area contributed by atoms with E-state index >= 15 is 0 Å². The van der Waals surface area contributed by atoms with Crippen LogP contribution in [0.2, 0.25) is 0 Å². The van der Waals surface area contributed by atoms with Crippen LogP contribution in [0.25, 0.3) is 0 Å². The van der Waals surface area contributed by atoms with Crippen LogP contribution in [-0.2, 0) is 4.79 Å². The Labute approximate surface area is 132 Å². The van der Waals surface area contributed by atoms with Crippen LogP contribution in [0.15, 0.2) is 24.4 Å². The monoisotopic (exact) mass is 307 g/mol. The third kappa shape index (κ3) is 3.73. The first kappa shape index (κ1) is 16.2. The smallest absolute Gasteiger partial charge is 0.333 e. The van der Waals surface area contributed by atoms with Crippen LogP contribution in [0.3, 0.4) is 0 Å². The van der Waals surface area contributed by atoms with Gasteiger partial charge in [0.15, 0.2) is 0 Å². The second-order valence-corrected chi connectivity index (χ2v) is 7.51. The van der Waals surface area contributed by atoms with Gasteiger partial charge in [-0.2, -0.15) is 4.73 Å². The minimum atomic E-state index is -0.186. The summed E-state index contributed by atoms with van der Waals surface area (Å²) in [7, 11) is 0. The molecule has 0 saturated heterocycles. The van der Waals surface area contributed by atoms with Crippen LogP contribution in [0, 0.1) is 15.5 Å². The van der Waals surface area contributed by atoms with Gasteiger partial charge in [-0.05, 0) is 35.8 Å². The molecule has 0 bridgehead atoms. The molecule has 1 aromatic rings. The highest BCUT2D eigenvalue weighted by molar-refractivity contribution is 7.71. The number of nitrogens with zero attached hydrogens (tertiary/aromatic N) is 1. The maximum atomic E-state index is 12.4. The first-order chi connectivity index (χ1) is 9.84. The van der Waals surface area contributed by atoms with Crippen molar-refractivity contribution in [2.45, 2.75) is 59.3 Å². The molecule has 0 atom stereocenters. The van der Waals surface area contributed by atoms with Crippen molar-refractivity contribution in [1.29, 1.82) is 0 Å². The quantitative estimate of drug-likeness (QED) is 0.767. The van der Waals surface area contributed by atoms with Crippen LogP contribution in [0.1, 0.15) is 59.3 Å². The van der Waals surface area contributed by atoms with Crippen molar-refractivity contribution in [2.24, 2.45) is 10.8 Å². The van der Waals surface area contributed by atoms with Gasteiger partial charge in [-0.25, -0.2) is 4.79 Å². The van der Waals surface area contributed by atoms with Gasteiger partial charge in [0.25, 0.3) is 0 Å². The van der Waals surface area contributed by atoms with Gasteiger partial charge >= 0.3 is 5.97 Å². The number of rotatable bonds is 3. The van der Waals surface area contributed by atoms with E-state index < -0.39 is 0 Å². The second kappa shape index (κ2) is 6.30. The Morgan fingerprint density at radius 2 is 1.95 bits per heavy atom. The highest BCUT2D eigenvalue weighted by atomic mass is 32.1. The Bertz CT molecular complexity index is 550. The van der Waals surface area contributed by atoms with Crippen molar-refractivity contribution in [3.8, 4) is 0 Å². The summed E-state index contributed by atoms with van der Waals surface area (Å²) in [6, 6.07) is 5.40. The van der Waals surface area contributed by atoms with E-state index in [1.807, 2.05) is 12.1 Å². The summed E-state index contributed by atoms with van der Waals surface area (Å²) < 4.78 is 1.90. The molecule has 116 valence electrons. The van der Waals surface area contributed by atoms with Gasteiger partial charge in [-0.1, -0.05) is 58.3 Å². The number of aromatic nitrogens is 1. The first-order valence-corrected chi connectivity index (χ1v) is 8.14. The summed E-state index contributed by atoms with van der Waals surface area (Å²) in [5, 5.41) is 0. The lowest BCUT2D eigenvalue weighted by Crippen LogP contribution is -2.41. The Kier molecular flexibility index (Phi) is 4.87. The predicted molar refractivity (Wildman–Crippen MR) is 86.4 cm³/mol. The fraction of sp³-hybridized carbons (Fsp3) is 0.647. The number of carbonyl (C=O) groups excluding carboxylic acids is 1. The average molecular weight is 307 g/mol. The average Bonchev–Trinajstić information content (AvgIpc) is 2.41. The van der Waals surface area contributed by atoms with E-state index in [9.17, 15) is 4.79 Å². The summed E-state index contributed by atoms with van der Waals surface area (Å²) in [6.45, 7) is 6.71. The Morgan fingerprint density at radius 1 is 1.29 bits per heavy atom. The summed E-state index contributed by atoms with van der Waals surface area (Å²) in [6.07, 6.45) is 8.04. The number of hydrogen-bond acceptors (Lipinski definition) is 3. The van der Waals surface area contributed by atoms with E-state index in [-0.39, 0.29) is 16.8 Å². The van der Waals surface area contributed by atoms with Crippen LogP contribution in [-0.4, -0.2) is 10.7 Å². The Morgan fingerprint density at radius 3 is 2.52 bits per heavy atom. The van der Waals surface area contributed by atoms with Crippen molar-refractivity contribution in [1.82, 2.24) is 4.73 Å². The van der Waals surface area contributed by atoms with E-state index in [0.29, 0.717) is 11.1 Å². The highest BCUT2D eigenvalue weighted by Crippen LogP contribution is 2.51. The lowest BCUT2D eigenvalue weighted by atomic mass is 9.58. The van der Waals surface area contributed by atoms with Gasteiger partial charge < -0.3 is 4.84 Å². The molecular formula is C17H25NO2S. The molecular weight excluding hydrogens is 282 g/mol. The fourth-order valence-electron chi connectivity index (χ4n) is 3.33. The van der Waals surface area contributed by atoms with Crippen molar-refractivity contribution in [3.63, 3.8) is 0 Å². The van der Waals surface area contributed by atoms with E-state index in [4.69, 9.17) is 17.1 Å². The molecule has 2 rings (SSSR count). The number of pyridine rings is 1. The predicted octanol–water partition coefficient (Wildman–Crippen LogP) is 4.56. The molecule has 1 aliphatic carbocycles. The second-order valence-electron chi connectivity index (χ2n) is 7.10. The zero-order chi connectivity index (χ0) is 15.5. The molecule has 21 heavy (non-hydrogen) atoms. The topological polar surface area (TPSA) is 31.2 Å². The van der Waals surface area contributed by atoms with Gasteiger partial charge in [0.1, 0.15) is 4.64 Å². The molecule has 0 amide bonds. The molecule has 0 N–H and O–H groups in total. The summed E-state index contributed by atoms with van der Waals surface area (Å²) in [5.41, 5.74) is 0.143. The van der Waals surface area contributed by atoms with Gasteiger partial charge in [-0.3, -0.25) is 0 Å². The van der Waals surface area contributed by atoms with Crippen molar-refractivity contribution < 1.29 is 9.63 Å². The summed E-state index contributed by atoms with van der Waals surface area (Å²) in [4.78, 5) is 17.8. The normalized spacial score (nSPS) is 18.2. The number of carbonyl (C=O) groups is 1. The minimum absolute atomic E-state index is 0.0410. The van der Waals surface area contributed by atoms with Crippen LogP contribution in [0.4, 0.5) is 0 Å². The molecule has 0 unspecified atom stereocenters. The van der Waals surface area contributed by atoms with Gasteiger partial charge in [0, 0.05) is 6.20 Å². The molecule has 1 aliphatic rings. The number of hydrogen-bond donors (Lipinski definition) is 0. The third-order valence-electron chi connectivity index (χ3n) is 4.87. The largest absolute Gasteiger partial charge is 0.336 e. The molecule has 0 radical (unpaired) electrons. The Hall–Kier alpha value is -1.16. The first-order valence-electron chi connectivity index (χ1n) is 7.73. The summed E-state index contributed by atoms with van der Waals surface area (Å²) in [5.74, 6) is -0.186. The molecule has 1 saturated carbocycles. The highest BCUT2D eigenvalue weighted by Gasteiger charge is 2.44. The molecule has 0 aliphatic heterocycles. The van der Waals surface area contributed by atoms with E-state index in [1.54, 1.807) is 12.3 Å². The van der Waals surface area contributed by atoms with Gasteiger partial charge in [-0.15, -0.1) is 0 Å². The van der Waals surface area contributed by atoms with Crippen molar-refractivity contribution in [3.05, 3.63) is 29.0 Å². The zero-order valence-corrected chi connectivity index (χ0v) is 14.0. The third-order valence-corrected chi connectivity index (χ3v) is 5.19. The zero-order valence-electron chi connectivity index (χ0n) is 13.2. The maximum absolute atomic E-state index is 12.4. The summed E-state index contributed by atoms with van der Waals surface area (Å²) >= 11 is 5.16. The molecule has 1 aromatic heterocycles. The minimum Gasteiger partial charge on any atom is -0.336 e. The molecule has 1 heterocycles. The standard InChI is InChI=1S/C17H25NO2S/c1-16(2,3)17(10-6-4-7-11-17)13-15(19)20-18-12-8-5-9-14(18)21/h5,8-9,12H,4,6-7,10-11,13H2,1-3H3. The van der Waals surface area contributed by atoms with Crippen molar-refractivity contribution in [2.75, 3.05) is 0 Å². The Balaban J connectivity index is 2.12. The van der Waals surface area contributed by atoms with Gasteiger partial charge in [0.2, 0.25) is 0 Å². The van der Waals surface area contributed by atoms with E-state index in [2.05, 4.69) is 20.8 Å². The van der Waals surface area contributed by atoms with Crippen LogP contribution < -0.4 is 4.84 Å². The van der Waals surface area contributed by atoms with Crippen molar-refractivity contribution >= 4 is 18.2 Å². The van der Waals surface area contributed by atoms with Crippen LogP contribution >= 0.6 is 12.2 Å². The molecule has 0 aromatic carbocycles.